The molecule has 9 rings (SSSR count). The van der Waals surface area contributed by atoms with E-state index in [1.807, 2.05) is 66.4 Å². The number of aromatic nitrogens is 1. The maximum Gasteiger partial charge on any atom is 0.264 e. The molecule has 6 aromatic rings. The van der Waals surface area contributed by atoms with Gasteiger partial charge in [-0.1, -0.05) is 60.2 Å². The van der Waals surface area contributed by atoms with E-state index in [-0.39, 0.29) is 23.6 Å². The molecule has 2 amide bonds. The van der Waals surface area contributed by atoms with Crippen LogP contribution in [0.2, 0.25) is 0 Å². The molecule has 0 unspecified atom stereocenters. The molecule has 0 radical (unpaired) electrons. The number of morpholine rings is 1. The van der Waals surface area contributed by atoms with Gasteiger partial charge < -0.3 is 24.0 Å². The Bertz CT molecular complexity index is 2540. The Morgan fingerprint density at radius 2 is 1.62 bits per heavy atom. The van der Waals surface area contributed by atoms with Gasteiger partial charge in [-0.05, 0) is 110 Å². The zero-order valence-electron chi connectivity index (χ0n) is 34.1. The van der Waals surface area contributed by atoms with Crippen LogP contribution in [-0.2, 0) is 30.7 Å². The molecule has 10 heteroatoms. The minimum atomic E-state index is -0.459. The zero-order chi connectivity index (χ0) is 41.3. The number of amides is 2. The predicted octanol–water partition coefficient (Wildman–Crippen LogP) is 9.20. The highest BCUT2D eigenvalue weighted by molar-refractivity contribution is 6.14. The maximum absolute atomic E-state index is 16.1. The van der Waals surface area contributed by atoms with Gasteiger partial charge in [0.2, 0.25) is 0 Å². The Morgan fingerprint density at radius 1 is 0.850 bits per heavy atom. The lowest BCUT2D eigenvalue weighted by Crippen LogP contribution is -2.52. The van der Waals surface area contributed by atoms with E-state index in [1.54, 1.807) is 36.3 Å². The highest BCUT2D eigenvalue weighted by atomic mass is 19.1. The van der Waals surface area contributed by atoms with Gasteiger partial charge in [0.25, 0.3) is 11.8 Å². The molecule has 1 aromatic heterocycles. The number of aromatic hydroxyl groups is 1. The fourth-order valence-electron chi connectivity index (χ4n) is 9.15. The van der Waals surface area contributed by atoms with Crippen molar-refractivity contribution in [3.8, 4) is 33.9 Å². The van der Waals surface area contributed by atoms with Crippen LogP contribution in [0.4, 0.5) is 15.8 Å². The molecule has 1 atom stereocenters. The van der Waals surface area contributed by atoms with Crippen molar-refractivity contribution < 1.29 is 28.6 Å². The molecular formula is C50H49FN4O5. The Morgan fingerprint density at radius 3 is 2.38 bits per heavy atom. The predicted molar refractivity (Wildman–Crippen MR) is 232 cm³/mol. The molecule has 3 aliphatic heterocycles. The fourth-order valence-corrected chi connectivity index (χ4v) is 9.15. The van der Waals surface area contributed by atoms with Gasteiger partial charge in [-0.15, -0.1) is 0 Å². The van der Waals surface area contributed by atoms with Crippen LogP contribution in [0.3, 0.4) is 0 Å². The molecule has 0 spiro atoms. The van der Waals surface area contributed by atoms with Crippen LogP contribution in [-0.4, -0.2) is 77.3 Å². The van der Waals surface area contributed by atoms with E-state index in [0.717, 1.165) is 61.4 Å². The van der Waals surface area contributed by atoms with Crippen LogP contribution >= 0.6 is 0 Å². The first-order valence-corrected chi connectivity index (χ1v) is 20.8. The molecule has 1 fully saturated rings. The molecule has 0 aliphatic carbocycles. The minimum absolute atomic E-state index is 0.0484. The van der Waals surface area contributed by atoms with Gasteiger partial charge in [0.05, 0.1) is 31.6 Å². The second-order valence-electron chi connectivity index (χ2n) is 16.0. The normalized spacial score (nSPS) is 16.5. The van der Waals surface area contributed by atoms with E-state index in [2.05, 4.69) is 27.7 Å². The number of hydrogen-bond acceptors (Lipinski definition) is 6. The third-order valence-electron chi connectivity index (χ3n) is 12.3. The van der Waals surface area contributed by atoms with Crippen molar-refractivity contribution in [2.45, 2.75) is 51.7 Å². The lowest BCUT2D eigenvalue weighted by Gasteiger charge is -2.40. The average Bonchev–Trinajstić information content (AvgIpc) is 3.67. The van der Waals surface area contributed by atoms with Gasteiger partial charge in [-0.2, -0.15) is 0 Å². The van der Waals surface area contributed by atoms with Crippen LogP contribution in [0, 0.1) is 12.7 Å². The van der Waals surface area contributed by atoms with E-state index in [9.17, 15) is 5.11 Å². The minimum Gasteiger partial charge on any atom is -0.508 e. The van der Waals surface area contributed by atoms with Crippen LogP contribution in [0.25, 0.3) is 22.4 Å². The monoisotopic (exact) mass is 804 g/mol. The van der Waals surface area contributed by atoms with Gasteiger partial charge in [-0.3, -0.25) is 19.4 Å². The number of nitrogens with zero attached hydrogens (tertiary/aromatic N) is 4. The maximum atomic E-state index is 16.1. The van der Waals surface area contributed by atoms with Crippen molar-refractivity contribution in [1.29, 1.82) is 0 Å². The van der Waals surface area contributed by atoms with Gasteiger partial charge >= 0.3 is 0 Å². The van der Waals surface area contributed by atoms with Gasteiger partial charge in [-0.25, -0.2) is 4.39 Å². The van der Waals surface area contributed by atoms with E-state index in [1.165, 1.54) is 23.8 Å². The number of hydrogen-bond donors (Lipinski definition) is 1. The highest BCUT2D eigenvalue weighted by Gasteiger charge is 2.35. The summed E-state index contributed by atoms with van der Waals surface area (Å²) in [4.78, 5) is 36.6. The second kappa shape index (κ2) is 16.8. The summed E-state index contributed by atoms with van der Waals surface area (Å²) in [5.74, 6) is -0.229. The summed E-state index contributed by atoms with van der Waals surface area (Å²) < 4.78 is 29.7. The molecule has 60 heavy (non-hydrogen) atoms. The summed E-state index contributed by atoms with van der Waals surface area (Å²) in [6.07, 6.45) is 3.19. The third-order valence-corrected chi connectivity index (χ3v) is 12.3. The number of methoxy groups -OCH3 is 1. The van der Waals surface area contributed by atoms with Crippen LogP contribution < -0.4 is 9.64 Å². The summed E-state index contributed by atoms with van der Waals surface area (Å²) in [5.41, 5.74) is 8.52. The summed E-state index contributed by atoms with van der Waals surface area (Å²) in [7, 11) is 1.61. The van der Waals surface area contributed by atoms with Crippen LogP contribution in [0.15, 0.2) is 115 Å². The summed E-state index contributed by atoms with van der Waals surface area (Å²) in [6, 6.07) is 34.6. The molecule has 0 bridgehead atoms. The summed E-state index contributed by atoms with van der Waals surface area (Å²) >= 11 is 0. The van der Waals surface area contributed by atoms with E-state index < -0.39 is 5.82 Å². The molecule has 3 aliphatic rings. The lowest BCUT2D eigenvalue weighted by atomic mass is 9.92. The number of aryl methyl sites for hydroxylation is 1. The summed E-state index contributed by atoms with van der Waals surface area (Å²) in [6.45, 7) is 6.87. The number of ether oxygens (including phenoxy) is 2. The average molecular weight is 805 g/mol. The fraction of sp³-hybridized carbons (Fsp3) is 0.280. The standard InChI is InChI=1S/C50H49FN4O5/c1-33-13-15-34(16-14-33)48-44(51)10-7-12-46(48)55(37-17-19-39(56)20-18-37)50(58)43-30-47(53-23-6-5-11-45(43)53)42-29-40(59-2)21-22-41(42)49(57)54-31-36-9-4-3-8-35(36)28-38(54)32-52-24-26-60-27-25-52/h3-4,7-10,12-22,29-30,38,56H,5-6,11,23-28,31-32H2,1-2H3/t38-/m0/s1. The Balaban J connectivity index is 1.17. The van der Waals surface area contributed by atoms with Gasteiger partial charge in [0.15, 0.2) is 0 Å². The van der Waals surface area contributed by atoms with Gasteiger partial charge in [0.1, 0.15) is 17.3 Å². The van der Waals surface area contributed by atoms with Crippen LogP contribution in [0.5, 0.6) is 11.5 Å². The molecule has 4 heterocycles. The SMILES string of the molecule is COc1ccc(C(=O)N2Cc3ccccc3C[C@H]2CN2CCOCC2)c(-c2cc(C(=O)N(c3ccc(O)cc3)c3cccc(F)c3-c3ccc(C)cc3)c3n2CCCC3)c1. The van der Waals surface area contributed by atoms with E-state index in [0.29, 0.717) is 77.7 Å². The van der Waals surface area contributed by atoms with Crippen LogP contribution in [0.1, 0.15) is 55.9 Å². The Hall–Kier alpha value is -6.23. The Labute approximate surface area is 350 Å². The van der Waals surface area contributed by atoms with Crippen molar-refractivity contribution in [1.82, 2.24) is 14.4 Å². The highest BCUT2D eigenvalue weighted by Crippen LogP contribution is 2.42. The zero-order valence-corrected chi connectivity index (χ0v) is 34.1. The number of phenols is 1. The number of phenolic OH excluding ortho intramolecular Hbond substituents is 1. The van der Waals surface area contributed by atoms with Crippen molar-refractivity contribution in [2.24, 2.45) is 0 Å². The second-order valence-corrected chi connectivity index (χ2v) is 16.0. The Kier molecular flexibility index (Phi) is 11.0. The number of carbonyl (C=O) groups excluding carboxylic acids is 2. The lowest BCUT2D eigenvalue weighted by molar-refractivity contribution is 0.0193. The number of rotatable bonds is 9. The van der Waals surface area contributed by atoms with E-state index >= 15 is 14.0 Å². The topological polar surface area (TPSA) is 87.5 Å². The number of fused-ring (bicyclic) bond motifs is 2. The smallest absolute Gasteiger partial charge is 0.264 e. The summed E-state index contributed by atoms with van der Waals surface area (Å²) in [5, 5.41) is 10.3. The van der Waals surface area contributed by atoms with Crippen molar-refractivity contribution >= 4 is 23.2 Å². The number of halogens is 1. The number of anilines is 2. The third kappa shape index (κ3) is 7.57. The number of benzene rings is 5. The van der Waals surface area contributed by atoms with Gasteiger partial charge in [0, 0.05) is 72.5 Å². The van der Waals surface area contributed by atoms with Crippen molar-refractivity contribution in [3.05, 3.63) is 155 Å². The number of carbonyl (C=O) groups is 2. The van der Waals surface area contributed by atoms with E-state index in [4.69, 9.17) is 9.47 Å². The molecular weight excluding hydrogens is 756 g/mol. The molecule has 5 aromatic carbocycles. The first-order valence-electron chi connectivity index (χ1n) is 20.8. The quantitative estimate of drug-likeness (QED) is 0.157. The first kappa shape index (κ1) is 39.2. The molecule has 0 saturated carbocycles. The largest absolute Gasteiger partial charge is 0.508 e. The molecule has 1 N–H and O–H groups in total. The van der Waals surface area contributed by atoms with Crippen molar-refractivity contribution in [2.75, 3.05) is 44.9 Å². The van der Waals surface area contributed by atoms with Crippen molar-refractivity contribution in [3.63, 3.8) is 0 Å². The first-order chi connectivity index (χ1) is 29.3. The molecule has 306 valence electrons. The molecule has 1 saturated heterocycles. The molecule has 9 nitrogen and oxygen atoms in total.